The smallest absolute Gasteiger partial charge is 0.184 e. The predicted molar refractivity (Wildman–Crippen MR) is 60.5 cm³/mol. The van der Waals surface area contributed by atoms with Gasteiger partial charge in [0.05, 0.1) is 5.54 Å². The highest BCUT2D eigenvalue weighted by atomic mass is 19.1. The molecule has 1 aromatic carbocycles. The summed E-state index contributed by atoms with van der Waals surface area (Å²) in [6.07, 6.45) is 2.06. The van der Waals surface area contributed by atoms with Crippen molar-refractivity contribution < 1.29 is 4.39 Å². The Labute approximate surface area is 97.4 Å². The van der Waals surface area contributed by atoms with Gasteiger partial charge in [-0.2, -0.15) is 0 Å². The van der Waals surface area contributed by atoms with Crippen LogP contribution in [0.1, 0.15) is 19.8 Å². The van der Waals surface area contributed by atoms with Gasteiger partial charge in [0.15, 0.2) is 5.82 Å². The highest BCUT2D eigenvalue weighted by Crippen LogP contribution is 2.44. The zero-order valence-electron chi connectivity index (χ0n) is 9.39. The minimum atomic E-state index is -0.343. The second-order valence-corrected chi connectivity index (χ2v) is 4.64. The molecule has 2 aromatic rings. The Morgan fingerprint density at radius 3 is 2.88 bits per heavy atom. The van der Waals surface area contributed by atoms with Gasteiger partial charge in [0.25, 0.3) is 0 Å². The van der Waals surface area contributed by atoms with Crippen molar-refractivity contribution in [2.45, 2.75) is 25.3 Å². The lowest BCUT2D eigenvalue weighted by atomic mass is 10.1. The van der Waals surface area contributed by atoms with Crippen LogP contribution in [0, 0.1) is 5.82 Å². The molecule has 0 amide bonds. The van der Waals surface area contributed by atoms with E-state index in [4.69, 9.17) is 5.73 Å². The van der Waals surface area contributed by atoms with E-state index in [1.54, 1.807) is 4.68 Å². The number of halogens is 1. The van der Waals surface area contributed by atoms with Crippen LogP contribution in [-0.2, 0) is 5.54 Å². The third-order valence-corrected chi connectivity index (χ3v) is 3.21. The summed E-state index contributed by atoms with van der Waals surface area (Å²) in [5.41, 5.74) is 6.82. The van der Waals surface area contributed by atoms with Crippen LogP contribution in [-0.4, -0.2) is 20.2 Å². The van der Waals surface area contributed by atoms with Crippen LogP contribution < -0.4 is 5.73 Å². The number of nitrogen functional groups attached to an aromatic ring is 1. The van der Waals surface area contributed by atoms with Gasteiger partial charge < -0.3 is 5.73 Å². The molecule has 17 heavy (non-hydrogen) atoms. The van der Waals surface area contributed by atoms with Crippen molar-refractivity contribution in [3.63, 3.8) is 0 Å². The van der Waals surface area contributed by atoms with E-state index in [-0.39, 0.29) is 11.4 Å². The molecule has 1 aliphatic rings. The molecule has 0 bridgehead atoms. The average Bonchev–Trinajstić information content (AvgIpc) is 2.87. The number of anilines is 1. The van der Waals surface area contributed by atoms with Crippen molar-refractivity contribution in [2.24, 2.45) is 0 Å². The number of hydrogen-bond donors (Lipinski definition) is 1. The number of tetrazole rings is 1. The van der Waals surface area contributed by atoms with Gasteiger partial charge in [-0.3, -0.25) is 0 Å². The van der Waals surface area contributed by atoms with Gasteiger partial charge in [0, 0.05) is 11.3 Å². The summed E-state index contributed by atoms with van der Waals surface area (Å²) in [6, 6.07) is 4.22. The van der Waals surface area contributed by atoms with E-state index in [0.29, 0.717) is 17.1 Å². The molecule has 1 aliphatic carbocycles. The number of nitrogens with two attached hydrogens (primary N) is 1. The summed E-state index contributed by atoms with van der Waals surface area (Å²) in [6.45, 7) is 2.07. The molecule has 1 fully saturated rings. The first kappa shape index (κ1) is 10.2. The van der Waals surface area contributed by atoms with Crippen LogP contribution in [0.3, 0.4) is 0 Å². The lowest BCUT2D eigenvalue weighted by molar-refractivity contribution is 0.463. The van der Waals surface area contributed by atoms with Crippen LogP contribution in [0.25, 0.3) is 11.4 Å². The standard InChI is InChI=1S/C11H12FN5/c1-11(4-5-11)17-10(14-15-16-17)8-6-7(12)2-3-9(8)13/h2-3,6H,4-5,13H2,1H3. The summed E-state index contributed by atoms with van der Waals surface area (Å²) in [5.74, 6) is 0.187. The van der Waals surface area contributed by atoms with Gasteiger partial charge in [-0.15, -0.1) is 5.10 Å². The maximum atomic E-state index is 13.2. The molecule has 0 radical (unpaired) electrons. The third kappa shape index (κ3) is 1.56. The Bertz CT molecular complexity index is 573. The predicted octanol–water partition coefficient (Wildman–Crippen LogP) is 1.57. The summed E-state index contributed by atoms with van der Waals surface area (Å²) in [7, 11) is 0. The van der Waals surface area contributed by atoms with Gasteiger partial charge in [-0.05, 0) is 48.4 Å². The number of aromatic nitrogens is 4. The fourth-order valence-corrected chi connectivity index (χ4v) is 1.83. The topological polar surface area (TPSA) is 69.6 Å². The summed E-state index contributed by atoms with van der Waals surface area (Å²) in [5, 5.41) is 11.6. The summed E-state index contributed by atoms with van der Waals surface area (Å²) < 4.78 is 15.0. The fourth-order valence-electron chi connectivity index (χ4n) is 1.83. The van der Waals surface area contributed by atoms with Crippen molar-refractivity contribution in [1.29, 1.82) is 0 Å². The molecule has 0 spiro atoms. The van der Waals surface area contributed by atoms with Crippen LogP contribution in [0.2, 0.25) is 0 Å². The van der Waals surface area contributed by atoms with Crippen molar-refractivity contribution in [3.8, 4) is 11.4 Å². The first-order valence-corrected chi connectivity index (χ1v) is 5.44. The maximum absolute atomic E-state index is 13.2. The molecule has 1 saturated carbocycles. The minimum absolute atomic E-state index is 0.0441. The second-order valence-electron chi connectivity index (χ2n) is 4.64. The Morgan fingerprint density at radius 2 is 2.18 bits per heavy atom. The minimum Gasteiger partial charge on any atom is -0.398 e. The van der Waals surface area contributed by atoms with Gasteiger partial charge in [0.1, 0.15) is 5.82 Å². The van der Waals surface area contributed by atoms with E-state index >= 15 is 0 Å². The molecule has 1 aromatic heterocycles. The summed E-state index contributed by atoms with van der Waals surface area (Å²) >= 11 is 0. The zero-order valence-corrected chi connectivity index (χ0v) is 9.39. The van der Waals surface area contributed by atoms with Gasteiger partial charge >= 0.3 is 0 Å². The summed E-state index contributed by atoms with van der Waals surface area (Å²) in [4.78, 5) is 0. The lowest BCUT2D eigenvalue weighted by Gasteiger charge is -2.12. The van der Waals surface area contributed by atoms with Crippen molar-refractivity contribution in [1.82, 2.24) is 20.2 Å². The van der Waals surface area contributed by atoms with Crippen molar-refractivity contribution in [3.05, 3.63) is 24.0 Å². The van der Waals surface area contributed by atoms with Crippen molar-refractivity contribution >= 4 is 5.69 Å². The normalized spacial score (nSPS) is 17.1. The molecule has 5 nitrogen and oxygen atoms in total. The van der Waals surface area contributed by atoms with Gasteiger partial charge in [0.2, 0.25) is 0 Å². The molecule has 2 N–H and O–H groups in total. The number of hydrogen-bond acceptors (Lipinski definition) is 4. The second kappa shape index (κ2) is 3.26. The maximum Gasteiger partial charge on any atom is 0.184 e. The monoisotopic (exact) mass is 233 g/mol. The molecule has 0 atom stereocenters. The van der Waals surface area contributed by atoms with E-state index in [9.17, 15) is 4.39 Å². The SMILES string of the molecule is CC1(n2nnnc2-c2cc(F)ccc2N)CC1. The molecule has 0 aliphatic heterocycles. The quantitative estimate of drug-likeness (QED) is 0.799. The Kier molecular flexibility index (Phi) is 1.95. The fraction of sp³-hybridized carbons (Fsp3) is 0.364. The first-order chi connectivity index (χ1) is 8.10. The number of benzene rings is 1. The molecule has 1 heterocycles. The van der Waals surface area contributed by atoms with E-state index in [0.717, 1.165) is 12.8 Å². The van der Waals surface area contributed by atoms with Crippen LogP contribution in [0.15, 0.2) is 18.2 Å². The molecule has 3 rings (SSSR count). The van der Waals surface area contributed by atoms with Crippen LogP contribution >= 0.6 is 0 Å². The molecule has 0 unspecified atom stereocenters. The van der Waals surface area contributed by atoms with Crippen molar-refractivity contribution in [2.75, 3.05) is 5.73 Å². The lowest BCUT2D eigenvalue weighted by Crippen LogP contribution is -2.16. The van der Waals surface area contributed by atoms with Crippen LogP contribution in [0.4, 0.5) is 10.1 Å². The highest BCUT2D eigenvalue weighted by Gasteiger charge is 2.42. The molecular formula is C11H12FN5. The molecular weight excluding hydrogens is 221 g/mol. The highest BCUT2D eigenvalue weighted by molar-refractivity contribution is 5.71. The average molecular weight is 233 g/mol. The van der Waals surface area contributed by atoms with Gasteiger partial charge in [-0.25, -0.2) is 9.07 Å². The van der Waals surface area contributed by atoms with E-state index in [1.165, 1.54) is 18.2 Å². The zero-order chi connectivity index (χ0) is 12.0. The Hall–Kier alpha value is -1.98. The Balaban J connectivity index is 2.15. The number of nitrogens with zero attached hydrogens (tertiary/aromatic N) is 4. The van der Waals surface area contributed by atoms with E-state index in [2.05, 4.69) is 22.4 Å². The van der Waals surface area contributed by atoms with Gasteiger partial charge in [-0.1, -0.05) is 0 Å². The Morgan fingerprint density at radius 1 is 1.41 bits per heavy atom. The van der Waals surface area contributed by atoms with Crippen LogP contribution in [0.5, 0.6) is 0 Å². The molecule has 0 saturated heterocycles. The molecule has 6 heteroatoms. The van der Waals surface area contributed by atoms with E-state index in [1.807, 2.05) is 0 Å². The number of rotatable bonds is 2. The van der Waals surface area contributed by atoms with E-state index < -0.39 is 0 Å². The third-order valence-electron chi connectivity index (χ3n) is 3.21. The molecule has 88 valence electrons. The largest absolute Gasteiger partial charge is 0.398 e. The first-order valence-electron chi connectivity index (χ1n) is 5.44.